The number of halogens is 1. The summed E-state index contributed by atoms with van der Waals surface area (Å²) in [6.45, 7) is 7.11. The highest BCUT2D eigenvalue weighted by atomic mass is 35.5. The van der Waals surface area contributed by atoms with Gasteiger partial charge in [0.25, 0.3) is 0 Å². The fourth-order valence-electron chi connectivity index (χ4n) is 1.06. The normalized spacial score (nSPS) is 15.4. The maximum Gasteiger partial charge on any atom is 0.0897 e. The maximum atomic E-state index is 5.90. The first-order valence-corrected chi connectivity index (χ1v) is 6.23. The zero-order chi connectivity index (χ0) is 10.6. The van der Waals surface area contributed by atoms with E-state index in [4.69, 9.17) is 11.6 Å². The Morgan fingerprint density at radius 3 is 2.79 bits per heavy atom. The highest BCUT2D eigenvalue weighted by Gasteiger charge is 2.19. The van der Waals surface area contributed by atoms with Crippen molar-refractivity contribution in [2.45, 2.75) is 39.3 Å². The third-order valence-corrected chi connectivity index (χ3v) is 3.85. The van der Waals surface area contributed by atoms with Crippen LogP contribution in [0.1, 0.15) is 31.0 Å². The number of hydrogen-bond donors (Lipinski definition) is 1. The van der Waals surface area contributed by atoms with Crippen molar-refractivity contribution in [3.05, 3.63) is 16.1 Å². The Morgan fingerprint density at radius 1 is 1.64 bits per heavy atom. The number of aromatic nitrogens is 1. The van der Waals surface area contributed by atoms with Crippen molar-refractivity contribution in [2.75, 3.05) is 5.88 Å². The number of hydrogen-bond acceptors (Lipinski definition) is 3. The molecule has 0 aliphatic carbocycles. The second-order valence-electron chi connectivity index (χ2n) is 3.76. The molecule has 1 rings (SSSR count). The van der Waals surface area contributed by atoms with E-state index in [1.807, 2.05) is 6.92 Å². The minimum absolute atomic E-state index is 0.0269. The summed E-state index contributed by atoms with van der Waals surface area (Å²) >= 11 is 7.59. The third-order valence-electron chi connectivity index (χ3n) is 2.44. The van der Waals surface area contributed by atoms with Crippen molar-refractivity contribution >= 4 is 22.9 Å². The molecule has 2 nitrogen and oxygen atoms in total. The summed E-state index contributed by atoms with van der Waals surface area (Å²) in [4.78, 5) is 4.40. The molecule has 1 N–H and O–H groups in total. The van der Waals surface area contributed by atoms with Crippen LogP contribution in [0, 0.1) is 6.92 Å². The van der Waals surface area contributed by atoms with Gasteiger partial charge in [0.05, 0.1) is 10.7 Å². The number of aryl methyl sites for hydroxylation is 1. The van der Waals surface area contributed by atoms with Gasteiger partial charge in [-0.25, -0.2) is 4.98 Å². The molecule has 0 amide bonds. The summed E-state index contributed by atoms with van der Waals surface area (Å²) in [5.74, 6) is 0.632. The Labute approximate surface area is 94.7 Å². The number of thiazole rings is 1. The van der Waals surface area contributed by atoms with Crippen LogP contribution in [0.2, 0.25) is 0 Å². The van der Waals surface area contributed by atoms with E-state index in [1.165, 1.54) is 0 Å². The highest BCUT2D eigenvalue weighted by Crippen LogP contribution is 2.13. The van der Waals surface area contributed by atoms with E-state index in [9.17, 15) is 0 Å². The van der Waals surface area contributed by atoms with Gasteiger partial charge in [-0.1, -0.05) is 6.92 Å². The molecule has 4 heteroatoms. The zero-order valence-corrected chi connectivity index (χ0v) is 10.5. The maximum absolute atomic E-state index is 5.90. The van der Waals surface area contributed by atoms with Crippen molar-refractivity contribution in [1.29, 1.82) is 0 Å². The van der Waals surface area contributed by atoms with Gasteiger partial charge in [-0.05, 0) is 20.3 Å². The monoisotopic (exact) mass is 232 g/mol. The van der Waals surface area contributed by atoms with E-state index in [0.717, 1.165) is 23.7 Å². The van der Waals surface area contributed by atoms with Crippen molar-refractivity contribution in [3.8, 4) is 0 Å². The predicted molar refractivity (Wildman–Crippen MR) is 63.1 cm³/mol. The van der Waals surface area contributed by atoms with E-state index in [-0.39, 0.29) is 5.54 Å². The molecule has 0 aliphatic heterocycles. The first-order valence-electron chi connectivity index (χ1n) is 4.81. The summed E-state index contributed by atoms with van der Waals surface area (Å²) in [7, 11) is 0. The van der Waals surface area contributed by atoms with Crippen LogP contribution in [0.15, 0.2) is 5.38 Å². The van der Waals surface area contributed by atoms with E-state index in [0.29, 0.717) is 5.88 Å². The molecule has 14 heavy (non-hydrogen) atoms. The highest BCUT2D eigenvalue weighted by molar-refractivity contribution is 7.09. The molecule has 1 heterocycles. The standard InChI is InChI=1S/C10H17ClN2S/c1-4-10(3,7-11)12-5-9-6-14-8(2)13-9/h6,12H,4-5,7H2,1-3H3. The lowest BCUT2D eigenvalue weighted by atomic mass is 10.0. The molecule has 0 fully saturated rings. The SMILES string of the molecule is CCC(C)(CCl)NCc1csc(C)n1. The lowest BCUT2D eigenvalue weighted by molar-refractivity contribution is 0.377. The third kappa shape index (κ3) is 3.23. The van der Waals surface area contributed by atoms with Gasteiger partial charge in [-0.15, -0.1) is 22.9 Å². The van der Waals surface area contributed by atoms with Crippen molar-refractivity contribution < 1.29 is 0 Å². The van der Waals surface area contributed by atoms with Gasteiger partial charge < -0.3 is 5.32 Å². The van der Waals surface area contributed by atoms with Crippen molar-refractivity contribution in [1.82, 2.24) is 10.3 Å². The molecule has 80 valence electrons. The van der Waals surface area contributed by atoms with Crippen LogP contribution in [0.5, 0.6) is 0 Å². The Balaban J connectivity index is 2.47. The predicted octanol–water partition coefficient (Wildman–Crippen LogP) is 2.95. The van der Waals surface area contributed by atoms with Gasteiger partial charge in [-0.3, -0.25) is 0 Å². The molecule has 1 aromatic rings. The van der Waals surface area contributed by atoms with Crippen molar-refractivity contribution in [2.24, 2.45) is 0 Å². The minimum atomic E-state index is 0.0269. The molecule has 0 spiro atoms. The molecular formula is C10H17ClN2S. The average molecular weight is 233 g/mol. The summed E-state index contributed by atoms with van der Waals surface area (Å²) in [5.41, 5.74) is 1.14. The van der Waals surface area contributed by atoms with Crippen LogP contribution in [-0.4, -0.2) is 16.4 Å². The largest absolute Gasteiger partial charge is 0.305 e. The number of rotatable bonds is 5. The number of nitrogens with one attached hydrogen (secondary N) is 1. The Bertz CT molecular complexity index is 281. The molecule has 0 saturated heterocycles. The van der Waals surface area contributed by atoms with E-state index in [1.54, 1.807) is 11.3 Å². The fourth-order valence-corrected chi connectivity index (χ4v) is 1.96. The lowest BCUT2D eigenvalue weighted by Gasteiger charge is -2.26. The first kappa shape index (κ1) is 12.0. The van der Waals surface area contributed by atoms with Crippen molar-refractivity contribution in [3.63, 3.8) is 0 Å². The fraction of sp³-hybridized carbons (Fsp3) is 0.700. The van der Waals surface area contributed by atoms with Crippen LogP contribution in [0.4, 0.5) is 0 Å². The Hall–Kier alpha value is -0.120. The van der Waals surface area contributed by atoms with Gasteiger partial charge in [0.15, 0.2) is 0 Å². The van der Waals surface area contributed by atoms with E-state index < -0.39 is 0 Å². The minimum Gasteiger partial charge on any atom is -0.305 e. The van der Waals surface area contributed by atoms with E-state index >= 15 is 0 Å². The molecule has 1 aromatic heterocycles. The lowest BCUT2D eigenvalue weighted by Crippen LogP contribution is -2.43. The Morgan fingerprint density at radius 2 is 2.36 bits per heavy atom. The summed E-state index contributed by atoms with van der Waals surface area (Å²) < 4.78 is 0. The van der Waals surface area contributed by atoms with E-state index in [2.05, 4.69) is 29.5 Å². The number of alkyl halides is 1. The second-order valence-corrected chi connectivity index (χ2v) is 5.09. The average Bonchev–Trinajstić information content (AvgIpc) is 2.61. The van der Waals surface area contributed by atoms with Crippen LogP contribution < -0.4 is 5.32 Å². The molecule has 0 aliphatic rings. The first-order chi connectivity index (χ1) is 6.59. The van der Waals surface area contributed by atoms with Crippen LogP contribution in [-0.2, 0) is 6.54 Å². The molecule has 0 saturated carbocycles. The summed E-state index contributed by atoms with van der Waals surface area (Å²) in [5, 5.41) is 6.64. The molecular weight excluding hydrogens is 216 g/mol. The van der Waals surface area contributed by atoms with Crippen LogP contribution in [0.25, 0.3) is 0 Å². The Kier molecular flexibility index (Phi) is 4.35. The second kappa shape index (κ2) is 5.10. The van der Waals surface area contributed by atoms with Gasteiger partial charge in [0.1, 0.15) is 0 Å². The van der Waals surface area contributed by atoms with Gasteiger partial charge in [-0.2, -0.15) is 0 Å². The molecule has 1 atom stereocenters. The molecule has 0 bridgehead atoms. The van der Waals surface area contributed by atoms with Gasteiger partial charge in [0, 0.05) is 23.3 Å². The number of nitrogens with zero attached hydrogens (tertiary/aromatic N) is 1. The van der Waals surface area contributed by atoms with Crippen LogP contribution in [0.3, 0.4) is 0 Å². The summed E-state index contributed by atoms with van der Waals surface area (Å²) in [6.07, 6.45) is 1.03. The molecule has 1 unspecified atom stereocenters. The quantitative estimate of drug-likeness (QED) is 0.790. The zero-order valence-electron chi connectivity index (χ0n) is 8.93. The van der Waals surface area contributed by atoms with Gasteiger partial charge in [0.2, 0.25) is 0 Å². The van der Waals surface area contributed by atoms with Gasteiger partial charge >= 0.3 is 0 Å². The topological polar surface area (TPSA) is 24.9 Å². The van der Waals surface area contributed by atoms with Crippen LogP contribution >= 0.6 is 22.9 Å². The molecule has 0 aromatic carbocycles. The summed E-state index contributed by atoms with van der Waals surface area (Å²) in [6, 6.07) is 0. The smallest absolute Gasteiger partial charge is 0.0897 e. The molecule has 0 radical (unpaired) electrons.